The molecule has 0 spiro atoms. The number of carbonyl (C=O) groups excluding carboxylic acids is 1. The van der Waals surface area contributed by atoms with E-state index in [4.69, 9.17) is 4.74 Å². The molecule has 0 radical (unpaired) electrons. The third-order valence-corrected chi connectivity index (χ3v) is 5.07. The zero-order chi connectivity index (χ0) is 18.7. The maximum atomic E-state index is 12.4. The van der Waals surface area contributed by atoms with E-state index in [2.05, 4.69) is 26.1 Å². The lowest BCUT2D eigenvalue weighted by atomic mass is 9.77. The summed E-state index contributed by atoms with van der Waals surface area (Å²) in [6.07, 6.45) is 2.95. The fourth-order valence-corrected chi connectivity index (χ4v) is 3.20. The Bertz CT molecular complexity index is 606. The van der Waals surface area contributed by atoms with Gasteiger partial charge in [-0.15, -0.1) is 0 Å². The summed E-state index contributed by atoms with van der Waals surface area (Å²) < 4.78 is 5.49. The van der Waals surface area contributed by atoms with Crippen molar-refractivity contribution in [3.05, 3.63) is 35.4 Å². The van der Waals surface area contributed by atoms with Gasteiger partial charge in [0.05, 0.1) is 24.5 Å². The van der Waals surface area contributed by atoms with Crippen LogP contribution in [-0.2, 0) is 19.7 Å². The molecular weight excluding hydrogens is 318 g/mol. The molecule has 0 heterocycles. The molecule has 0 aliphatic heterocycles. The van der Waals surface area contributed by atoms with Crippen LogP contribution in [0.25, 0.3) is 0 Å². The minimum absolute atomic E-state index is 0.0269. The van der Waals surface area contributed by atoms with Crippen LogP contribution < -0.4 is 5.32 Å². The molecule has 1 saturated carbocycles. The van der Waals surface area contributed by atoms with Gasteiger partial charge in [-0.1, -0.05) is 45.0 Å². The van der Waals surface area contributed by atoms with Crippen LogP contribution in [0.3, 0.4) is 0 Å². The zero-order valence-electron chi connectivity index (χ0n) is 15.6. The van der Waals surface area contributed by atoms with Crippen LogP contribution in [0.4, 0.5) is 0 Å². The highest BCUT2D eigenvalue weighted by atomic mass is 16.5. The molecule has 2 rings (SSSR count). The van der Waals surface area contributed by atoms with E-state index in [0.29, 0.717) is 0 Å². The lowest BCUT2D eigenvalue weighted by Gasteiger charge is -2.40. The minimum atomic E-state index is -0.935. The van der Waals surface area contributed by atoms with E-state index < -0.39 is 12.0 Å². The zero-order valence-corrected chi connectivity index (χ0v) is 15.6. The molecule has 5 nitrogen and oxygen atoms in total. The number of hydrogen-bond donors (Lipinski definition) is 2. The first-order valence-electron chi connectivity index (χ1n) is 8.82. The molecule has 1 unspecified atom stereocenters. The van der Waals surface area contributed by atoms with Crippen LogP contribution in [0, 0.1) is 0 Å². The Morgan fingerprint density at radius 3 is 2.24 bits per heavy atom. The third kappa shape index (κ3) is 5.05. The van der Waals surface area contributed by atoms with Crippen molar-refractivity contribution in [1.29, 1.82) is 0 Å². The second-order valence-corrected chi connectivity index (χ2v) is 8.01. The summed E-state index contributed by atoms with van der Waals surface area (Å²) >= 11 is 0. The first-order chi connectivity index (χ1) is 11.6. The highest BCUT2D eigenvalue weighted by molar-refractivity contribution is 5.79. The van der Waals surface area contributed by atoms with Gasteiger partial charge in [0.25, 0.3) is 0 Å². The topological polar surface area (TPSA) is 75.6 Å². The number of amides is 1. The molecule has 1 amide bonds. The summed E-state index contributed by atoms with van der Waals surface area (Å²) in [6, 6.07) is 7.28. The predicted octanol–water partition coefficient (Wildman–Crippen LogP) is 3.58. The van der Waals surface area contributed by atoms with Gasteiger partial charge in [-0.25, -0.2) is 0 Å². The van der Waals surface area contributed by atoms with E-state index in [9.17, 15) is 14.7 Å². The molecule has 1 atom stereocenters. The van der Waals surface area contributed by atoms with Crippen LogP contribution in [-0.4, -0.2) is 29.7 Å². The smallest absolute Gasteiger partial charge is 0.305 e. The summed E-state index contributed by atoms with van der Waals surface area (Å²) in [5.74, 6) is -1.09. The van der Waals surface area contributed by atoms with E-state index >= 15 is 0 Å². The molecule has 25 heavy (non-hydrogen) atoms. The molecular formula is C20H29NO4. The van der Waals surface area contributed by atoms with Gasteiger partial charge in [-0.2, -0.15) is 0 Å². The molecule has 0 aromatic heterocycles. The van der Waals surface area contributed by atoms with Crippen LogP contribution in [0.5, 0.6) is 0 Å². The van der Waals surface area contributed by atoms with Gasteiger partial charge in [0.2, 0.25) is 5.91 Å². The Labute approximate surface area is 149 Å². The van der Waals surface area contributed by atoms with Gasteiger partial charge < -0.3 is 15.2 Å². The number of rotatable bonds is 7. The van der Waals surface area contributed by atoms with Crippen molar-refractivity contribution in [2.45, 2.75) is 69.9 Å². The fraction of sp³-hybridized carbons (Fsp3) is 0.600. The van der Waals surface area contributed by atoms with E-state index in [1.807, 2.05) is 24.3 Å². The van der Waals surface area contributed by atoms with Crippen molar-refractivity contribution in [3.63, 3.8) is 0 Å². The van der Waals surface area contributed by atoms with Gasteiger partial charge in [-0.3, -0.25) is 9.59 Å². The Morgan fingerprint density at radius 2 is 1.84 bits per heavy atom. The van der Waals surface area contributed by atoms with Crippen LogP contribution >= 0.6 is 0 Å². The van der Waals surface area contributed by atoms with Gasteiger partial charge in [0, 0.05) is 7.11 Å². The molecule has 1 aromatic rings. The number of methoxy groups -OCH3 is 1. The van der Waals surface area contributed by atoms with Gasteiger partial charge >= 0.3 is 5.97 Å². The molecule has 1 fully saturated rings. The standard InChI is InChI=1S/C20H29NO4/c1-19(2,3)15-8-6-14(7-9-15)16(12-18(23)24)21-17(22)13-20(25-4)10-5-11-20/h6-9,16H,5,10-13H2,1-4H3,(H,21,22)(H,23,24). The number of aliphatic carboxylic acids is 1. The maximum absolute atomic E-state index is 12.4. The summed E-state index contributed by atoms with van der Waals surface area (Å²) in [6.45, 7) is 6.38. The Balaban J connectivity index is 2.10. The Hall–Kier alpha value is -1.88. The Kier molecular flexibility index (Phi) is 5.88. The number of nitrogens with one attached hydrogen (secondary N) is 1. The third-order valence-electron chi connectivity index (χ3n) is 5.07. The van der Waals surface area contributed by atoms with E-state index in [0.717, 1.165) is 24.8 Å². The molecule has 0 bridgehead atoms. The fourth-order valence-electron chi connectivity index (χ4n) is 3.20. The van der Waals surface area contributed by atoms with Gasteiger partial charge in [0.15, 0.2) is 0 Å². The van der Waals surface area contributed by atoms with Gasteiger partial charge in [0.1, 0.15) is 0 Å². The number of carboxylic acid groups (broad SMARTS) is 1. The number of carboxylic acids is 1. The average molecular weight is 347 g/mol. The minimum Gasteiger partial charge on any atom is -0.481 e. The number of benzene rings is 1. The first kappa shape index (κ1) is 19.4. The predicted molar refractivity (Wildman–Crippen MR) is 96.5 cm³/mol. The lowest BCUT2D eigenvalue weighted by Crippen LogP contribution is -2.44. The highest BCUT2D eigenvalue weighted by Gasteiger charge is 2.39. The second-order valence-electron chi connectivity index (χ2n) is 8.01. The second kappa shape index (κ2) is 7.56. The highest BCUT2D eigenvalue weighted by Crippen LogP contribution is 2.38. The van der Waals surface area contributed by atoms with Crippen molar-refractivity contribution in [2.75, 3.05) is 7.11 Å². The van der Waals surface area contributed by atoms with Crippen LogP contribution in [0.2, 0.25) is 0 Å². The van der Waals surface area contributed by atoms with E-state index in [1.54, 1.807) is 7.11 Å². The van der Waals surface area contributed by atoms with Crippen molar-refractivity contribution in [2.24, 2.45) is 0 Å². The largest absolute Gasteiger partial charge is 0.481 e. The van der Waals surface area contributed by atoms with Crippen molar-refractivity contribution >= 4 is 11.9 Å². The Morgan fingerprint density at radius 1 is 1.24 bits per heavy atom. The monoisotopic (exact) mass is 347 g/mol. The van der Waals surface area contributed by atoms with Crippen molar-refractivity contribution in [1.82, 2.24) is 5.32 Å². The van der Waals surface area contributed by atoms with E-state index in [-0.39, 0.29) is 29.8 Å². The van der Waals surface area contributed by atoms with Crippen LogP contribution in [0.15, 0.2) is 24.3 Å². The van der Waals surface area contributed by atoms with Crippen LogP contribution in [0.1, 0.15) is 70.0 Å². The summed E-state index contributed by atoms with van der Waals surface area (Å²) in [5, 5.41) is 12.1. The maximum Gasteiger partial charge on any atom is 0.305 e. The summed E-state index contributed by atoms with van der Waals surface area (Å²) in [7, 11) is 1.63. The van der Waals surface area contributed by atoms with E-state index in [1.165, 1.54) is 5.56 Å². The molecule has 138 valence electrons. The van der Waals surface area contributed by atoms with Crippen molar-refractivity contribution in [3.8, 4) is 0 Å². The molecule has 1 aliphatic rings. The number of carbonyl (C=O) groups is 2. The van der Waals surface area contributed by atoms with Gasteiger partial charge in [-0.05, 0) is 35.8 Å². The lowest BCUT2D eigenvalue weighted by molar-refractivity contribution is -0.138. The summed E-state index contributed by atoms with van der Waals surface area (Å²) in [5.41, 5.74) is 1.64. The molecule has 2 N–H and O–H groups in total. The molecule has 0 saturated heterocycles. The molecule has 1 aromatic carbocycles. The number of hydrogen-bond acceptors (Lipinski definition) is 3. The SMILES string of the molecule is COC1(CC(=O)NC(CC(=O)O)c2ccc(C(C)(C)C)cc2)CCC1. The van der Waals surface area contributed by atoms with Crippen molar-refractivity contribution < 1.29 is 19.4 Å². The quantitative estimate of drug-likeness (QED) is 0.790. The number of ether oxygens (including phenoxy) is 1. The molecule has 5 heteroatoms. The average Bonchev–Trinajstić information content (AvgIpc) is 2.49. The summed E-state index contributed by atoms with van der Waals surface area (Å²) in [4.78, 5) is 23.6. The molecule has 1 aliphatic carbocycles. The normalized spacial score (nSPS) is 17.4. The first-order valence-corrected chi connectivity index (χ1v) is 8.82.